The number of hydrogen-bond donors (Lipinski definition) is 1. The van der Waals surface area contributed by atoms with Crippen LogP contribution in [0, 0.1) is 0 Å². The summed E-state index contributed by atoms with van der Waals surface area (Å²) >= 11 is 3.30. The van der Waals surface area contributed by atoms with Gasteiger partial charge in [0, 0.05) is 4.47 Å². The van der Waals surface area contributed by atoms with Crippen molar-refractivity contribution in [1.82, 2.24) is 0 Å². The molecule has 0 unspecified atom stereocenters. The second-order valence-corrected chi connectivity index (χ2v) is 2.95. The van der Waals surface area contributed by atoms with E-state index in [2.05, 4.69) is 26.5 Å². The fourth-order valence-corrected chi connectivity index (χ4v) is 0.931. The lowest BCUT2D eigenvalue weighted by Crippen LogP contribution is -1.88. The molecule has 1 aromatic rings. The molecular formula is C8H7BrN2O. The predicted octanol–water partition coefficient (Wildman–Crippen LogP) is 2.05. The van der Waals surface area contributed by atoms with E-state index in [0.29, 0.717) is 6.29 Å². The van der Waals surface area contributed by atoms with Crippen molar-refractivity contribution in [2.75, 3.05) is 5.43 Å². The first-order valence-electron chi connectivity index (χ1n) is 3.31. The normalized spacial score (nSPS) is 10.1. The second kappa shape index (κ2) is 4.66. The lowest BCUT2D eigenvalue weighted by Gasteiger charge is -1.97. The zero-order valence-electron chi connectivity index (χ0n) is 6.20. The monoisotopic (exact) mass is 226 g/mol. The SMILES string of the molecule is O=CC=NNc1ccc(Br)cc1. The van der Waals surface area contributed by atoms with Gasteiger partial charge < -0.3 is 0 Å². The molecule has 0 amide bonds. The average molecular weight is 227 g/mol. The van der Waals surface area contributed by atoms with Crippen LogP contribution in [0.5, 0.6) is 0 Å². The molecule has 0 bridgehead atoms. The highest BCUT2D eigenvalue weighted by Crippen LogP contribution is 2.13. The van der Waals surface area contributed by atoms with Gasteiger partial charge in [-0.25, -0.2) is 0 Å². The van der Waals surface area contributed by atoms with E-state index < -0.39 is 0 Å². The highest BCUT2D eigenvalue weighted by molar-refractivity contribution is 9.10. The lowest BCUT2D eigenvalue weighted by atomic mass is 10.3. The summed E-state index contributed by atoms with van der Waals surface area (Å²) < 4.78 is 1.01. The Kier molecular flexibility index (Phi) is 3.47. The maximum Gasteiger partial charge on any atom is 0.162 e. The molecule has 12 heavy (non-hydrogen) atoms. The molecule has 0 heterocycles. The van der Waals surface area contributed by atoms with Crippen LogP contribution in [0.1, 0.15) is 0 Å². The van der Waals surface area contributed by atoms with Gasteiger partial charge in [-0.2, -0.15) is 5.10 Å². The minimum Gasteiger partial charge on any atom is -0.297 e. The number of nitrogens with one attached hydrogen (secondary N) is 1. The first kappa shape index (κ1) is 8.93. The first-order valence-corrected chi connectivity index (χ1v) is 4.10. The molecule has 0 aliphatic heterocycles. The van der Waals surface area contributed by atoms with Crippen molar-refractivity contribution in [1.29, 1.82) is 0 Å². The van der Waals surface area contributed by atoms with Gasteiger partial charge in [-0.1, -0.05) is 15.9 Å². The summed E-state index contributed by atoms with van der Waals surface area (Å²) in [6.45, 7) is 0. The van der Waals surface area contributed by atoms with Crippen LogP contribution in [-0.4, -0.2) is 12.5 Å². The summed E-state index contributed by atoms with van der Waals surface area (Å²) in [6.07, 6.45) is 1.77. The van der Waals surface area contributed by atoms with Crippen molar-refractivity contribution < 1.29 is 4.79 Å². The summed E-state index contributed by atoms with van der Waals surface area (Å²) in [4.78, 5) is 9.85. The molecule has 0 saturated carbocycles. The van der Waals surface area contributed by atoms with Gasteiger partial charge >= 0.3 is 0 Å². The van der Waals surface area contributed by atoms with Crippen LogP contribution in [0.3, 0.4) is 0 Å². The van der Waals surface area contributed by atoms with Gasteiger partial charge in [0.2, 0.25) is 0 Å². The Labute approximate surface area is 78.6 Å². The number of aldehydes is 1. The van der Waals surface area contributed by atoms with Crippen LogP contribution >= 0.6 is 15.9 Å². The zero-order valence-corrected chi connectivity index (χ0v) is 7.78. The topological polar surface area (TPSA) is 41.5 Å². The molecule has 4 heteroatoms. The Morgan fingerprint density at radius 2 is 2.00 bits per heavy atom. The van der Waals surface area contributed by atoms with Crippen LogP contribution in [-0.2, 0) is 4.79 Å². The third kappa shape index (κ3) is 2.84. The van der Waals surface area contributed by atoms with Crippen LogP contribution in [0.25, 0.3) is 0 Å². The molecule has 0 saturated heterocycles. The number of halogens is 1. The van der Waals surface area contributed by atoms with E-state index in [1.165, 1.54) is 0 Å². The third-order valence-electron chi connectivity index (χ3n) is 1.17. The van der Waals surface area contributed by atoms with E-state index in [0.717, 1.165) is 16.4 Å². The van der Waals surface area contributed by atoms with Gasteiger partial charge in [-0.15, -0.1) is 0 Å². The van der Waals surface area contributed by atoms with E-state index in [1.807, 2.05) is 24.3 Å². The van der Waals surface area contributed by atoms with Gasteiger partial charge in [-0.05, 0) is 24.3 Å². The second-order valence-electron chi connectivity index (χ2n) is 2.03. The quantitative estimate of drug-likeness (QED) is 0.487. The average Bonchev–Trinajstić information content (AvgIpc) is 2.09. The van der Waals surface area contributed by atoms with Crippen LogP contribution in [0.4, 0.5) is 5.69 Å². The van der Waals surface area contributed by atoms with Crippen molar-refractivity contribution in [2.24, 2.45) is 5.10 Å². The standard InChI is InChI=1S/C8H7BrN2O/c9-7-1-3-8(4-2-7)11-10-5-6-12/h1-6,11H. The van der Waals surface area contributed by atoms with Gasteiger partial charge in [0.25, 0.3) is 0 Å². The zero-order chi connectivity index (χ0) is 8.81. The number of anilines is 1. The smallest absolute Gasteiger partial charge is 0.162 e. The van der Waals surface area contributed by atoms with Crippen LogP contribution in [0.15, 0.2) is 33.8 Å². The van der Waals surface area contributed by atoms with Crippen molar-refractivity contribution in [3.63, 3.8) is 0 Å². The van der Waals surface area contributed by atoms with E-state index in [-0.39, 0.29) is 0 Å². The molecule has 0 radical (unpaired) electrons. The summed E-state index contributed by atoms with van der Waals surface area (Å²) in [7, 11) is 0. The summed E-state index contributed by atoms with van der Waals surface area (Å²) in [5.74, 6) is 0. The molecule has 0 aromatic heterocycles. The van der Waals surface area contributed by atoms with Gasteiger partial charge in [0.1, 0.15) is 0 Å². The molecule has 0 spiro atoms. The Balaban J connectivity index is 2.58. The predicted molar refractivity (Wildman–Crippen MR) is 52.3 cm³/mol. The molecular weight excluding hydrogens is 220 g/mol. The Morgan fingerprint density at radius 1 is 1.33 bits per heavy atom. The summed E-state index contributed by atoms with van der Waals surface area (Å²) in [5.41, 5.74) is 3.53. The fraction of sp³-hybridized carbons (Fsp3) is 0. The minimum atomic E-state index is 0.617. The maximum atomic E-state index is 9.85. The molecule has 0 fully saturated rings. The van der Waals surface area contributed by atoms with E-state index >= 15 is 0 Å². The maximum absolute atomic E-state index is 9.85. The summed E-state index contributed by atoms with van der Waals surface area (Å²) in [5, 5.41) is 3.63. The first-order chi connectivity index (χ1) is 5.83. The number of hydrazone groups is 1. The van der Waals surface area contributed by atoms with Gasteiger partial charge in [0.05, 0.1) is 11.9 Å². The third-order valence-corrected chi connectivity index (χ3v) is 1.70. The minimum absolute atomic E-state index is 0.617. The van der Waals surface area contributed by atoms with E-state index in [1.54, 1.807) is 0 Å². The summed E-state index contributed by atoms with van der Waals surface area (Å²) in [6, 6.07) is 7.48. The molecule has 62 valence electrons. The highest BCUT2D eigenvalue weighted by atomic mass is 79.9. The van der Waals surface area contributed by atoms with Crippen molar-refractivity contribution in [3.05, 3.63) is 28.7 Å². The number of carbonyl (C=O) groups is 1. The Bertz CT molecular complexity index is 282. The largest absolute Gasteiger partial charge is 0.297 e. The fourth-order valence-electron chi connectivity index (χ4n) is 0.667. The van der Waals surface area contributed by atoms with Crippen LogP contribution in [0.2, 0.25) is 0 Å². The van der Waals surface area contributed by atoms with Crippen LogP contribution < -0.4 is 5.43 Å². The molecule has 1 aromatic carbocycles. The van der Waals surface area contributed by atoms with Gasteiger partial charge in [-0.3, -0.25) is 10.2 Å². The number of rotatable bonds is 3. The number of nitrogens with zero attached hydrogens (tertiary/aromatic N) is 1. The molecule has 3 nitrogen and oxygen atoms in total. The van der Waals surface area contributed by atoms with E-state index in [4.69, 9.17) is 0 Å². The molecule has 0 aliphatic carbocycles. The number of carbonyl (C=O) groups excluding carboxylic acids is 1. The molecule has 0 atom stereocenters. The lowest BCUT2D eigenvalue weighted by molar-refractivity contribution is -0.102. The van der Waals surface area contributed by atoms with Crippen molar-refractivity contribution in [2.45, 2.75) is 0 Å². The van der Waals surface area contributed by atoms with Crippen molar-refractivity contribution >= 4 is 34.1 Å². The van der Waals surface area contributed by atoms with Crippen molar-refractivity contribution in [3.8, 4) is 0 Å². The number of hydrogen-bond acceptors (Lipinski definition) is 3. The van der Waals surface area contributed by atoms with E-state index in [9.17, 15) is 4.79 Å². The molecule has 0 aliphatic rings. The van der Waals surface area contributed by atoms with Gasteiger partial charge in [0.15, 0.2) is 6.29 Å². The highest BCUT2D eigenvalue weighted by Gasteiger charge is 1.87. The molecule has 1 N–H and O–H groups in total. The molecule has 1 rings (SSSR count). The number of benzene rings is 1. The Hall–Kier alpha value is -1.16. The Morgan fingerprint density at radius 3 is 2.58 bits per heavy atom.